The van der Waals surface area contributed by atoms with Gasteiger partial charge in [0, 0.05) is 25.2 Å². The van der Waals surface area contributed by atoms with Gasteiger partial charge in [-0.1, -0.05) is 11.6 Å². The molecule has 0 aliphatic carbocycles. The Morgan fingerprint density at radius 1 is 1.59 bits per heavy atom. The molecule has 0 radical (unpaired) electrons. The minimum Gasteiger partial charge on any atom is -0.378 e. The molecule has 1 unspecified atom stereocenters. The molecule has 1 aliphatic rings. The van der Waals surface area contributed by atoms with Crippen molar-refractivity contribution in [2.24, 2.45) is 0 Å². The predicted octanol–water partition coefficient (Wildman–Crippen LogP) is 2.00. The lowest BCUT2D eigenvalue weighted by Gasteiger charge is -2.30. The van der Waals surface area contributed by atoms with Crippen LogP contribution in [0.2, 0.25) is 5.15 Å². The van der Waals surface area contributed by atoms with Gasteiger partial charge in [-0.15, -0.1) is 0 Å². The van der Waals surface area contributed by atoms with Crippen LogP contribution in [-0.2, 0) is 11.3 Å². The van der Waals surface area contributed by atoms with Gasteiger partial charge in [-0.3, -0.25) is 4.90 Å². The number of hydrogen-bond donors (Lipinski definition) is 0. The first-order chi connectivity index (χ1) is 8.20. The Kier molecular flexibility index (Phi) is 4.62. The standard InChI is InChI=1S/C11H16ClN3OS/c1-15-3-4-17-7-9(15)11-13-8(6-16-2)5-10(12)14-11/h5,9H,3-4,6-7H2,1-2H3. The maximum Gasteiger partial charge on any atom is 0.148 e. The first-order valence-electron chi connectivity index (χ1n) is 5.51. The summed E-state index contributed by atoms with van der Waals surface area (Å²) in [7, 11) is 3.75. The minimum atomic E-state index is 0.253. The SMILES string of the molecule is COCc1cc(Cl)nc(C2CSCCN2C)n1. The van der Waals surface area contributed by atoms with Crippen molar-refractivity contribution in [1.82, 2.24) is 14.9 Å². The van der Waals surface area contributed by atoms with Gasteiger partial charge in [-0.05, 0) is 13.1 Å². The van der Waals surface area contributed by atoms with Crippen LogP contribution in [-0.4, -0.2) is 47.1 Å². The molecule has 0 N–H and O–H groups in total. The Morgan fingerprint density at radius 3 is 3.12 bits per heavy atom. The van der Waals surface area contributed by atoms with Crippen LogP contribution in [0.1, 0.15) is 17.6 Å². The number of hydrogen-bond acceptors (Lipinski definition) is 5. The highest BCUT2D eigenvalue weighted by Gasteiger charge is 2.24. The van der Waals surface area contributed by atoms with Gasteiger partial charge >= 0.3 is 0 Å². The summed E-state index contributed by atoms with van der Waals surface area (Å²) in [5.74, 6) is 2.99. The van der Waals surface area contributed by atoms with Gasteiger partial charge < -0.3 is 4.74 Å². The van der Waals surface area contributed by atoms with E-state index in [2.05, 4.69) is 21.9 Å². The second kappa shape index (κ2) is 6.00. The Labute approximate surface area is 111 Å². The number of aromatic nitrogens is 2. The number of rotatable bonds is 3. The lowest BCUT2D eigenvalue weighted by Crippen LogP contribution is -2.34. The fraction of sp³-hybridized carbons (Fsp3) is 0.636. The average Bonchev–Trinajstić information content (AvgIpc) is 2.29. The van der Waals surface area contributed by atoms with Gasteiger partial charge in [0.2, 0.25) is 0 Å². The molecule has 1 atom stereocenters. The lowest BCUT2D eigenvalue weighted by molar-refractivity contribution is 0.180. The number of nitrogens with zero attached hydrogens (tertiary/aromatic N) is 3. The first kappa shape index (κ1) is 13.1. The van der Waals surface area contributed by atoms with Crippen molar-refractivity contribution in [2.75, 3.05) is 32.2 Å². The van der Waals surface area contributed by atoms with Crippen LogP contribution in [0.3, 0.4) is 0 Å². The normalized spacial score (nSPS) is 21.7. The summed E-state index contributed by atoms with van der Waals surface area (Å²) in [5.41, 5.74) is 0.839. The summed E-state index contributed by atoms with van der Waals surface area (Å²) >= 11 is 7.95. The summed E-state index contributed by atoms with van der Waals surface area (Å²) in [6.07, 6.45) is 0. The molecule has 17 heavy (non-hydrogen) atoms. The van der Waals surface area contributed by atoms with Gasteiger partial charge in [0.1, 0.15) is 11.0 Å². The van der Waals surface area contributed by atoms with Crippen molar-refractivity contribution in [1.29, 1.82) is 0 Å². The van der Waals surface area contributed by atoms with E-state index in [1.54, 1.807) is 13.2 Å². The zero-order valence-electron chi connectivity index (χ0n) is 10.0. The quantitative estimate of drug-likeness (QED) is 0.788. The average molecular weight is 274 g/mol. The van der Waals surface area contributed by atoms with Crippen molar-refractivity contribution < 1.29 is 4.74 Å². The number of halogens is 1. The van der Waals surface area contributed by atoms with Crippen molar-refractivity contribution >= 4 is 23.4 Å². The number of methoxy groups -OCH3 is 1. The Balaban J connectivity index is 2.24. The summed E-state index contributed by atoms with van der Waals surface area (Å²) in [6, 6.07) is 2.01. The third-order valence-corrected chi connectivity index (χ3v) is 3.97. The van der Waals surface area contributed by atoms with E-state index >= 15 is 0 Å². The van der Waals surface area contributed by atoms with E-state index < -0.39 is 0 Å². The molecule has 1 saturated heterocycles. The minimum absolute atomic E-state index is 0.253. The largest absolute Gasteiger partial charge is 0.378 e. The molecule has 0 bridgehead atoms. The van der Waals surface area contributed by atoms with Crippen molar-refractivity contribution in [2.45, 2.75) is 12.6 Å². The van der Waals surface area contributed by atoms with Crippen LogP contribution in [0.25, 0.3) is 0 Å². The zero-order chi connectivity index (χ0) is 12.3. The van der Waals surface area contributed by atoms with Crippen LogP contribution in [0.15, 0.2) is 6.07 Å². The van der Waals surface area contributed by atoms with Gasteiger partial charge in [-0.2, -0.15) is 11.8 Å². The van der Waals surface area contributed by atoms with Crippen LogP contribution >= 0.6 is 23.4 Å². The monoisotopic (exact) mass is 273 g/mol. The molecule has 0 spiro atoms. The summed E-state index contributed by atoms with van der Waals surface area (Å²) in [5, 5.41) is 0.492. The molecule has 2 heterocycles. The van der Waals surface area contributed by atoms with Crippen LogP contribution < -0.4 is 0 Å². The molecule has 1 aliphatic heterocycles. The molecule has 4 nitrogen and oxygen atoms in total. The molecule has 0 saturated carbocycles. The highest BCUT2D eigenvalue weighted by atomic mass is 35.5. The highest BCUT2D eigenvalue weighted by Crippen LogP contribution is 2.26. The highest BCUT2D eigenvalue weighted by molar-refractivity contribution is 7.99. The van der Waals surface area contributed by atoms with E-state index in [0.717, 1.165) is 23.8 Å². The zero-order valence-corrected chi connectivity index (χ0v) is 11.6. The first-order valence-corrected chi connectivity index (χ1v) is 7.04. The molecule has 0 aromatic carbocycles. The van der Waals surface area contributed by atoms with Crippen molar-refractivity contribution in [3.63, 3.8) is 0 Å². The molecule has 0 amide bonds. The summed E-state index contributed by atoms with van der Waals surface area (Å²) in [4.78, 5) is 11.1. The third kappa shape index (κ3) is 3.31. The fourth-order valence-corrected chi connectivity index (χ4v) is 3.24. The third-order valence-electron chi connectivity index (χ3n) is 2.75. The van der Waals surface area contributed by atoms with E-state index in [4.69, 9.17) is 16.3 Å². The smallest absolute Gasteiger partial charge is 0.148 e. The molecule has 2 rings (SSSR count). The predicted molar refractivity (Wildman–Crippen MR) is 70.5 cm³/mol. The van der Waals surface area contributed by atoms with Gasteiger partial charge in [-0.25, -0.2) is 9.97 Å². The fourth-order valence-electron chi connectivity index (χ4n) is 1.81. The maximum absolute atomic E-state index is 6.02. The molecule has 1 aromatic rings. The Hall–Kier alpha value is -0.360. The van der Waals surface area contributed by atoms with Gasteiger partial charge in [0.25, 0.3) is 0 Å². The Morgan fingerprint density at radius 2 is 2.41 bits per heavy atom. The maximum atomic E-state index is 6.02. The molecular weight excluding hydrogens is 258 g/mol. The van der Waals surface area contributed by atoms with E-state index in [0.29, 0.717) is 11.8 Å². The van der Waals surface area contributed by atoms with Crippen LogP contribution in [0, 0.1) is 0 Å². The lowest BCUT2D eigenvalue weighted by atomic mass is 10.2. The van der Waals surface area contributed by atoms with Gasteiger partial charge in [0.05, 0.1) is 18.3 Å². The van der Waals surface area contributed by atoms with Crippen LogP contribution in [0.4, 0.5) is 0 Å². The summed E-state index contributed by atoms with van der Waals surface area (Å²) < 4.78 is 5.08. The van der Waals surface area contributed by atoms with Gasteiger partial charge in [0.15, 0.2) is 0 Å². The molecule has 94 valence electrons. The summed E-state index contributed by atoms with van der Waals surface area (Å²) in [6.45, 7) is 1.53. The van der Waals surface area contributed by atoms with E-state index in [9.17, 15) is 0 Å². The van der Waals surface area contributed by atoms with E-state index in [-0.39, 0.29) is 6.04 Å². The molecule has 1 aromatic heterocycles. The number of ether oxygens (including phenoxy) is 1. The number of thioether (sulfide) groups is 1. The van der Waals surface area contributed by atoms with Crippen molar-refractivity contribution in [3.05, 3.63) is 22.7 Å². The molecular formula is C11H16ClN3OS. The molecule has 6 heteroatoms. The van der Waals surface area contributed by atoms with Crippen molar-refractivity contribution in [3.8, 4) is 0 Å². The van der Waals surface area contributed by atoms with E-state index in [1.165, 1.54) is 5.75 Å². The molecule has 1 fully saturated rings. The Bertz CT molecular complexity index is 391. The van der Waals surface area contributed by atoms with E-state index in [1.807, 2.05) is 11.8 Å². The second-order valence-corrected chi connectivity index (χ2v) is 5.58. The van der Waals surface area contributed by atoms with Crippen LogP contribution in [0.5, 0.6) is 0 Å². The topological polar surface area (TPSA) is 38.2 Å². The second-order valence-electron chi connectivity index (χ2n) is 4.04.